The molecule has 5 nitrogen and oxygen atoms in total. The molecule has 3 N–H and O–H groups in total. The van der Waals surface area contributed by atoms with Crippen LogP contribution in [-0.2, 0) is 10.0 Å². The van der Waals surface area contributed by atoms with E-state index in [1.165, 1.54) is 25.0 Å². The van der Waals surface area contributed by atoms with Gasteiger partial charge in [0.25, 0.3) is 0 Å². The van der Waals surface area contributed by atoms with E-state index in [0.717, 1.165) is 17.6 Å². The highest BCUT2D eigenvalue weighted by Crippen LogP contribution is 2.41. The first-order chi connectivity index (χ1) is 9.02. The molecule has 0 aromatic heterocycles. The summed E-state index contributed by atoms with van der Waals surface area (Å²) >= 11 is 1.75. The van der Waals surface area contributed by atoms with Gasteiger partial charge in [0.15, 0.2) is 5.17 Å². The molecule has 102 valence electrons. The van der Waals surface area contributed by atoms with Crippen molar-refractivity contribution < 1.29 is 8.42 Å². The average molecular weight is 297 g/mol. The summed E-state index contributed by atoms with van der Waals surface area (Å²) in [5.41, 5.74) is 0.703. The number of amidine groups is 1. The smallest absolute Gasteiger partial charge is 0.238 e. The van der Waals surface area contributed by atoms with Crippen molar-refractivity contribution in [2.24, 2.45) is 16.0 Å². The molecule has 1 aliphatic carbocycles. The van der Waals surface area contributed by atoms with Crippen molar-refractivity contribution in [3.05, 3.63) is 24.3 Å². The van der Waals surface area contributed by atoms with Gasteiger partial charge in [-0.1, -0.05) is 17.8 Å². The van der Waals surface area contributed by atoms with Gasteiger partial charge < -0.3 is 5.32 Å². The van der Waals surface area contributed by atoms with Gasteiger partial charge in [-0.2, -0.15) is 0 Å². The third-order valence-electron chi connectivity index (χ3n) is 3.24. The molecule has 1 saturated carbocycles. The first kappa shape index (κ1) is 13.0. The number of sulfonamides is 1. The molecule has 1 aliphatic heterocycles. The summed E-state index contributed by atoms with van der Waals surface area (Å²) in [5.74, 6) is 0.809. The number of aliphatic imine (C=N–C) groups is 1. The van der Waals surface area contributed by atoms with Crippen molar-refractivity contribution in [3.63, 3.8) is 0 Å². The highest BCUT2D eigenvalue weighted by Gasteiger charge is 2.35. The van der Waals surface area contributed by atoms with Crippen molar-refractivity contribution in [1.82, 2.24) is 0 Å². The Morgan fingerprint density at radius 1 is 1.37 bits per heavy atom. The zero-order valence-electron chi connectivity index (χ0n) is 10.2. The van der Waals surface area contributed by atoms with Gasteiger partial charge in [0, 0.05) is 10.9 Å². The Hall–Kier alpha value is -1.05. The molecular formula is C12H15N3O2S2. The van der Waals surface area contributed by atoms with E-state index < -0.39 is 10.0 Å². The maximum atomic E-state index is 11.3. The minimum Gasteiger partial charge on any atom is -0.335 e. The minimum atomic E-state index is -3.66. The highest BCUT2D eigenvalue weighted by molar-refractivity contribution is 8.15. The van der Waals surface area contributed by atoms with E-state index in [9.17, 15) is 8.42 Å². The molecule has 0 spiro atoms. The molecule has 1 unspecified atom stereocenters. The van der Waals surface area contributed by atoms with Crippen LogP contribution in [0.1, 0.15) is 12.8 Å². The summed E-state index contributed by atoms with van der Waals surface area (Å²) < 4.78 is 22.6. The predicted octanol–water partition coefficient (Wildman–Crippen LogP) is 1.63. The van der Waals surface area contributed by atoms with Crippen LogP contribution in [0.4, 0.5) is 5.69 Å². The zero-order valence-corrected chi connectivity index (χ0v) is 11.9. The quantitative estimate of drug-likeness (QED) is 0.888. The number of primary sulfonamides is 1. The SMILES string of the molecule is NS(=O)(=O)c1cccc(NC2=NCC(C3CC3)S2)c1. The standard InChI is InChI=1S/C12H15N3O2S2/c13-19(16,17)10-3-1-2-9(6-10)15-12-14-7-11(18-12)8-4-5-8/h1-3,6,8,11H,4-5,7H2,(H,14,15)(H2,13,16,17). The summed E-state index contributed by atoms with van der Waals surface area (Å²) in [6.07, 6.45) is 2.61. The van der Waals surface area contributed by atoms with Crippen LogP contribution >= 0.6 is 11.8 Å². The summed E-state index contributed by atoms with van der Waals surface area (Å²) in [5, 5.41) is 9.72. The number of rotatable bonds is 3. The molecule has 2 aliphatic rings. The van der Waals surface area contributed by atoms with Crippen molar-refractivity contribution in [2.75, 3.05) is 11.9 Å². The molecule has 1 atom stereocenters. The van der Waals surface area contributed by atoms with E-state index in [0.29, 0.717) is 10.9 Å². The number of hydrogen-bond acceptors (Lipinski definition) is 5. The maximum absolute atomic E-state index is 11.3. The fraction of sp³-hybridized carbons (Fsp3) is 0.417. The van der Waals surface area contributed by atoms with Crippen LogP contribution in [0.15, 0.2) is 34.2 Å². The van der Waals surface area contributed by atoms with Gasteiger partial charge in [-0.25, -0.2) is 13.6 Å². The Bertz CT molecular complexity index is 624. The van der Waals surface area contributed by atoms with Gasteiger partial charge in [-0.15, -0.1) is 0 Å². The van der Waals surface area contributed by atoms with Crippen molar-refractivity contribution in [2.45, 2.75) is 23.0 Å². The molecule has 1 aromatic rings. The number of nitrogens with two attached hydrogens (primary N) is 1. The second-order valence-corrected chi connectivity index (χ2v) is 7.63. The Kier molecular flexibility index (Phi) is 3.28. The van der Waals surface area contributed by atoms with Crippen LogP contribution in [-0.4, -0.2) is 25.4 Å². The van der Waals surface area contributed by atoms with Crippen LogP contribution < -0.4 is 10.5 Å². The largest absolute Gasteiger partial charge is 0.335 e. The van der Waals surface area contributed by atoms with E-state index in [1.54, 1.807) is 17.8 Å². The minimum absolute atomic E-state index is 0.111. The van der Waals surface area contributed by atoms with Gasteiger partial charge in [0.05, 0.1) is 11.4 Å². The van der Waals surface area contributed by atoms with Gasteiger partial charge >= 0.3 is 0 Å². The lowest BCUT2D eigenvalue weighted by Gasteiger charge is -2.08. The summed E-state index contributed by atoms with van der Waals surface area (Å²) in [6, 6.07) is 6.49. The molecule has 19 heavy (non-hydrogen) atoms. The maximum Gasteiger partial charge on any atom is 0.238 e. The van der Waals surface area contributed by atoms with Crippen molar-refractivity contribution in [1.29, 1.82) is 0 Å². The molecule has 1 aromatic carbocycles. The highest BCUT2D eigenvalue weighted by atomic mass is 32.2. The lowest BCUT2D eigenvalue weighted by atomic mass is 10.3. The molecule has 0 saturated heterocycles. The van der Waals surface area contributed by atoms with E-state index in [2.05, 4.69) is 10.3 Å². The number of hydrogen-bond donors (Lipinski definition) is 2. The number of anilines is 1. The van der Waals surface area contributed by atoms with Crippen LogP contribution in [0.2, 0.25) is 0 Å². The molecule has 3 rings (SSSR count). The van der Waals surface area contributed by atoms with E-state index in [1.807, 2.05) is 6.07 Å². The second kappa shape index (κ2) is 4.81. The number of nitrogens with one attached hydrogen (secondary N) is 1. The zero-order chi connectivity index (χ0) is 13.5. The molecule has 1 heterocycles. The number of thioether (sulfide) groups is 1. The summed E-state index contributed by atoms with van der Waals surface area (Å²) in [6.45, 7) is 0.854. The van der Waals surface area contributed by atoms with Crippen LogP contribution in [0.3, 0.4) is 0 Å². The summed E-state index contributed by atoms with van der Waals surface area (Å²) in [7, 11) is -3.66. The first-order valence-electron chi connectivity index (χ1n) is 6.13. The van der Waals surface area contributed by atoms with Gasteiger partial charge in [0.1, 0.15) is 0 Å². The molecular weight excluding hydrogens is 282 g/mol. The second-order valence-electron chi connectivity index (χ2n) is 4.84. The number of benzene rings is 1. The van der Waals surface area contributed by atoms with E-state index >= 15 is 0 Å². The Morgan fingerprint density at radius 3 is 2.84 bits per heavy atom. The van der Waals surface area contributed by atoms with Crippen molar-refractivity contribution >= 4 is 32.6 Å². The van der Waals surface area contributed by atoms with E-state index in [4.69, 9.17) is 5.14 Å². The van der Waals surface area contributed by atoms with Gasteiger partial charge in [-0.3, -0.25) is 4.99 Å². The lowest BCUT2D eigenvalue weighted by molar-refractivity contribution is 0.598. The fourth-order valence-corrected chi connectivity index (χ4v) is 3.83. The Morgan fingerprint density at radius 2 is 2.16 bits per heavy atom. The first-order valence-corrected chi connectivity index (χ1v) is 8.56. The molecule has 0 amide bonds. The lowest BCUT2D eigenvalue weighted by Crippen LogP contribution is -2.13. The van der Waals surface area contributed by atoms with Crippen LogP contribution in [0, 0.1) is 5.92 Å². The van der Waals surface area contributed by atoms with Crippen LogP contribution in [0.5, 0.6) is 0 Å². The summed E-state index contributed by atoms with van der Waals surface area (Å²) in [4.78, 5) is 4.56. The van der Waals surface area contributed by atoms with Crippen LogP contribution in [0.25, 0.3) is 0 Å². The predicted molar refractivity (Wildman–Crippen MR) is 77.8 cm³/mol. The third-order valence-corrected chi connectivity index (χ3v) is 5.44. The fourth-order valence-electron chi connectivity index (χ4n) is 2.05. The van der Waals surface area contributed by atoms with E-state index in [-0.39, 0.29) is 4.90 Å². The normalized spacial score (nSPS) is 23.2. The Balaban J connectivity index is 1.70. The Labute approximate surface area is 116 Å². The van der Waals surface area contributed by atoms with Crippen molar-refractivity contribution in [3.8, 4) is 0 Å². The van der Waals surface area contributed by atoms with Gasteiger partial charge in [0.2, 0.25) is 10.0 Å². The molecule has 0 radical (unpaired) electrons. The average Bonchev–Trinajstić information content (AvgIpc) is 3.10. The topological polar surface area (TPSA) is 84.5 Å². The molecule has 0 bridgehead atoms. The molecule has 1 fully saturated rings. The molecule has 7 heteroatoms. The monoisotopic (exact) mass is 297 g/mol. The van der Waals surface area contributed by atoms with Gasteiger partial charge in [-0.05, 0) is 37.0 Å². The third kappa shape index (κ3) is 3.10. The number of nitrogens with zero attached hydrogens (tertiary/aromatic N) is 1.